The van der Waals surface area contributed by atoms with E-state index in [1.165, 1.54) is 12.1 Å². The van der Waals surface area contributed by atoms with Crippen molar-refractivity contribution >= 4 is 17.3 Å². The van der Waals surface area contributed by atoms with Crippen LogP contribution in [0.15, 0.2) is 12.1 Å². The molecule has 1 aliphatic rings. The van der Waals surface area contributed by atoms with Crippen LogP contribution in [-0.4, -0.2) is 23.0 Å². The minimum Gasteiger partial charge on any atom is -0.373 e. The molecule has 0 spiro atoms. The van der Waals surface area contributed by atoms with Crippen molar-refractivity contribution in [3.8, 4) is 0 Å². The zero-order chi connectivity index (χ0) is 11.7. The molecule has 6 heteroatoms. The SMILES string of the molecule is CNc1cc([N+](=O)[O-])cc(NC2CC2C)n1. The van der Waals surface area contributed by atoms with Gasteiger partial charge in [-0.05, 0) is 12.3 Å². The molecule has 0 amide bonds. The number of rotatable bonds is 4. The summed E-state index contributed by atoms with van der Waals surface area (Å²) in [6.07, 6.45) is 1.10. The molecule has 1 aliphatic carbocycles. The predicted molar refractivity (Wildman–Crippen MR) is 61.6 cm³/mol. The summed E-state index contributed by atoms with van der Waals surface area (Å²) >= 11 is 0. The fraction of sp³-hybridized carbons (Fsp3) is 0.500. The van der Waals surface area contributed by atoms with Crippen molar-refractivity contribution in [2.24, 2.45) is 5.92 Å². The molecule has 2 atom stereocenters. The Morgan fingerprint density at radius 1 is 1.50 bits per heavy atom. The van der Waals surface area contributed by atoms with Gasteiger partial charge in [0.1, 0.15) is 11.6 Å². The number of pyridine rings is 1. The van der Waals surface area contributed by atoms with Gasteiger partial charge in [-0.3, -0.25) is 10.1 Å². The Balaban J connectivity index is 2.22. The Labute approximate surface area is 93.2 Å². The molecule has 0 radical (unpaired) electrons. The van der Waals surface area contributed by atoms with Crippen LogP contribution in [0.3, 0.4) is 0 Å². The van der Waals surface area contributed by atoms with Crippen LogP contribution in [0.4, 0.5) is 17.3 Å². The molecule has 0 aliphatic heterocycles. The lowest BCUT2D eigenvalue weighted by molar-refractivity contribution is -0.384. The van der Waals surface area contributed by atoms with Crippen LogP contribution in [0.1, 0.15) is 13.3 Å². The Kier molecular flexibility index (Phi) is 2.64. The van der Waals surface area contributed by atoms with Gasteiger partial charge in [-0.1, -0.05) is 6.92 Å². The number of nitrogens with zero attached hydrogens (tertiary/aromatic N) is 2. The van der Waals surface area contributed by atoms with Gasteiger partial charge in [0.05, 0.1) is 17.1 Å². The molecule has 1 saturated carbocycles. The van der Waals surface area contributed by atoms with Gasteiger partial charge >= 0.3 is 0 Å². The third-order valence-electron chi connectivity index (χ3n) is 2.72. The Hall–Kier alpha value is -1.85. The smallest absolute Gasteiger partial charge is 0.276 e. The minimum atomic E-state index is -0.413. The van der Waals surface area contributed by atoms with E-state index in [2.05, 4.69) is 22.5 Å². The normalized spacial score (nSPS) is 22.6. The van der Waals surface area contributed by atoms with E-state index in [-0.39, 0.29) is 5.69 Å². The number of anilines is 2. The van der Waals surface area contributed by atoms with Crippen molar-refractivity contribution in [2.75, 3.05) is 17.7 Å². The van der Waals surface area contributed by atoms with E-state index in [1.54, 1.807) is 7.05 Å². The van der Waals surface area contributed by atoms with Crippen LogP contribution < -0.4 is 10.6 Å². The molecule has 1 aromatic rings. The van der Waals surface area contributed by atoms with E-state index in [0.717, 1.165) is 6.42 Å². The monoisotopic (exact) mass is 222 g/mol. The van der Waals surface area contributed by atoms with Crippen molar-refractivity contribution in [1.82, 2.24) is 4.98 Å². The molecule has 1 heterocycles. The average molecular weight is 222 g/mol. The van der Waals surface area contributed by atoms with Gasteiger partial charge in [-0.15, -0.1) is 0 Å². The summed E-state index contributed by atoms with van der Waals surface area (Å²) in [5.41, 5.74) is 0.0511. The van der Waals surface area contributed by atoms with Gasteiger partial charge in [0.15, 0.2) is 0 Å². The molecule has 2 unspecified atom stereocenters. The first-order chi connectivity index (χ1) is 7.60. The van der Waals surface area contributed by atoms with E-state index in [1.807, 2.05) is 0 Å². The number of hydrogen-bond donors (Lipinski definition) is 2. The maximum atomic E-state index is 10.7. The van der Waals surface area contributed by atoms with Crippen LogP contribution >= 0.6 is 0 Å². The Morgan fingerprint density at radius 2 is 2.12 bits per heavy atom. The van der Waals surface area contributed by atoms with Gasteiger partial charge in [-0.25, -0.2) is 4.98 Å². The molecule has 0 aromatic carbocycles. The second-order valence-corrected chi connectivity index (χ2v) is 4.07. The van der Waals surface area contributed by atoms with Crippen LogP contribution in [0.2, 0.25) is 0 Å². The first-order valence-corrected chi connectivity index (χ1v) is 5.21. The number of nitrogens with one attached hydrogen (secondary N) is 2. The van der Waals surface area contributed by atoms with Crippen molar-refractivity contribution in [3.05, 3.63) is 22.2 Å². The summed E-state index contributed by atoms with van der Waals surface area (Å²) in [7, 11) is 1.69. The predicted octanol–water partition coefficient (Wildman–Crippen LogP) is 1.85. The van der Waals surface area contributed by atoms with Crippen molar-refractivity contribution in [2.45, 2.75) is 19.4 Å². The maximum absolute atomic E-state index is 10.7. The molecular formula is C10H14N4O2. The first kappa shape index (κ1) is 10.7. The number of hydrogen-bond acceptors (Lipinski definition) is 5. The largest absolute Gasteiger partial charge is 0.373 e. The van der Waals surface area contributed by atoms with Crippen molar-refractivity contribution in [3.63, 3.8) is 0 Å². The molecule has 2 rings (SSSR count). The topological polar surface area (TPSA) is 80.1 Å². The zero-order valence-corrected chi connectivity index (χ0v) is 9.23. The van der Waals surface area contributed by atoms with Gasteiger partial charge in [0, 0.05) is 13.1 Å². The summed E-state index contributed by atoms with van der Waals surface area (Å²) in [6.45, 7) is 2.13. The summed E-state index contributed by atoms with van der Waals surface area (Å²) in [4.78, 5) is 14.5. The second-order valence-electron chi connectivity index (χ2n) is 4.07. The molecule has 0 bridgehead atoms. The highest BCUT2D eigenvalue weighted by Crippen LogP contribution is 2.33. The van der Waals surface area contributed by atoms with E-state index >= 15 is 0 Å². The van der Waals surface area contributed by atoms with Gasteiger partial charge in [0.25, 0.3) is 5.69 Å². The number of aromatic nitrogens is 1. The summed E-state index contributed by atoms with van der Waals surface area (Å²) in [6, 6.07) is 3.28. The molecule has 1 aromatic heterocycles. The first-order valence-electron chi connectivity index (χ1n) is 5.21. The lowest BCUT2D eigenvalue weighted by Gasteiger charge is -2.06. The lowest BCUT2D eigenvalue weighted by atomic mass is 10.3. The molecule has 0 saturated heterocycles. The highest BCUT2D eigenvalue weighted by atomic mass is 16.6. The molecule has 2 N–H and O–H groups in total. The minimum absolute atomic E-state index is 0.0511. The standard InChI is InChI=1S/C10H14N4O2/c1-6-3-8(6)12-10-5-7(14(15)16)4-9(11-2)13-10/h4-6,8H,3H2,1-2H3,(H2,11,12,13). The highest BCUT2D eigenvalue weighted by molar-refractivity contribution is 5.55. The second kappa shape index (κ2) is 3.96. The molecule has 1 fully saturated rings. The molecular weight excluding hydrogens is 208 g/mol. The van der Waals surface area contributed by atoms with Crippen LogP contribution in [0.25, 0.3) is 0 Å². The Bertz CT molecular complexity index is 421. The van der Waals surface area contributed by atoms with Gasteiger partial charge in [-0.2, -0.15) is 0 Å². The quantitative estimate of drug-likeness (QED) is 0.600. The highest BCUT2D eigenvalue weighted by Gasteiger charge is 2.33. The molecule has 86 valence electrons. The molecule has 6 nitrogen and oxygen atoms in total. The zero-order valence-electron chi connectivity index (χ0n) is 9.23. The van der Waals surface area contributed by atoms with Gasteiger partial charge < -0.3 is 10.6 Å². The lowest BCUT2D eigenvalue weighted by Crippen LogP contribution is -2.07. The molecule has 16 heavy (non-hydrogen) atoms. The maximum Gasteiger partial charge on any atom is 0.276 e. The fourth-order valence-electron chi connectivity index (χ4n) is 1.54. The van der Waals surface area contributed by atoms with Gasteiger partial charge in [0.2, 0.25) is 0 Å². The van der Waals surface area contributed by atoms with Crippen LogP contribution in [-0.2, 0) is 0 Å². The van der Waals surface area contributed by atoms with E-state index in [9.17, 15) is 10.1 Å². The Morgan fingerprint density at radius 3 is 2.62 bits per heavy atom. The summed E-state index contributed by atoms with van der Waals surface area (Å²) in [5, 5.41) is 16.7. The summed E-state index contributed by atoms with van der Waals surface area (Å²) in [5.74, 6) is 1.69. The summed E-state index contributed by atoms with van der Waals surface area (Å²) < 4.78 is 0. The van der Waals surface area contributed by atoms with E-state index < -0.39 is 4.92 Å². The average Bonchev–Trinajstić information content (AvgIpc) is 2.93. The third-order valence-corrected chi connectivity index (χ3v) is 2.72. The van der Waals surface area contributed by atoms with Crippen molar-refractivity contribution < 1.29 is 4.92 Å². The third kappa shape index (κ3) is 2.21. The van der Waals surface area contributed by atoms with E-state index in [0.29, 0.717) is 23.6 Å². The fourth-order valence-corrected chi connectivity index (χ4v) is 1.54. The van der Waals surface area contributed by atoms with Crippen molar-refractivity contribution in [1.29, 1.82) is 0 Å². The number of nitro groups is 1. The van der Waals surface area contributed by atoms with E-state index in [4.69, 9.17) is 0 Å². The van der Waals surface area contributed by atoms with Crippen LogP contribution in [0, 0.1) is 16.0 Å². The van der Waals surface area contributed by atoms with Crippen LogP contribution in [0.5, 0.6) is 0 Å².